The zero-order valence-electron chi connectivity index (χ0n) is 18.8. The van der Waals surface area contributed by atoms with Crippen molar-refractivity contribution in [3.05, 3.63) is 82.9 Å². The minimum absolute atomic E-state index is 0.0887. The number of carbonyl (C=O) groups is 1. The molecule has 34 heavy (non-hydrogen) atoms. The number of benzene rings is 3. The zero-order valence-corrected chi connectivity index (χ0v) is 20.4. The van der Waals surface area contributed by atoms with Gasteiger partial charge in [-0.05, 0) is 61.9 Å². The molecule has 0 fully saturated rings. The van der Waals surface area contributed by atoms with E-state index >= 15 is 0 Å². The molecule has 1 aliphatic rings. The molecule has 3 aromatic carbocycles. The molecule has 9 heteroatoms. The summed E-state index contributed by atoms with van der Waals surface area (Å²) in [5.41, 5.74) is 2.04. The van der Waals surface area contributed by atoms with Crippen molar-refractivity contribution in [3.8, 4) is 11.5 Å². The van der Waals surface area contributed by atoms with Gasteiger partial charge in [-0.3, -0.25) is 9.10 Å². The fourth-order valence-corrected chi connectivity index (χ4v) is 5.21. The van der Waals surface area contributed by atoms with Crippen LogP contribution in [0.15, 0.2) is 71.6 Å². The third-order valence-corrected chi connectivity index (χ3v) is 7.46. The summed E-state index contributed by atoms with van der Waals surface area (Å²) in [7, 11) is -4.02. The highest BCUT2D eigenvalue weighted by Crippen LogP contribution is 2.32. The van der Waals surface area contributed by atoms with E-state index in [-0.39, 0.29) is 10.9 Å². The number of nitrogens with one attached hydrogen (secondary N) is 1. The predicted octanol–water partition coefficient (Wildman–Crippen LogP) is 4.49. The summed E-state index contributed by atoms with van der Waals surface area (Å²) in [6.07, 6.45) is 0. The van der Waals surface area contributed by atoms with E-state index in [2.05, 4.69) is 5.32 Å². The Morgan fingerprint density at radius 1 is 1.03 bits per heavy atom. The molecular formula is C25H25ClN2O5S. The largest absolute Gasteiger partial charge is 0.486 e. The minimum Gasteiger partial charge on any atom is -0.486 e. The Morgan fingerprint density at radius 3 is 2.44 bits per heavy atom. The van der Waals surface area contributed by atoms with E-state index in [0.29, 0.717) is 35.4 Å². The van der Waals surface area contributed by atoms with Crippen LogP contribution < -0.4 is 19.1 Å². The first kappa shape index (κ1) is 23.9. The first-order valence-electron chi connectivity index (χ1n) is 10.8. The summed E-state index contributed by atoms with van der Waals surface area (Å²) in [5.74, 6) is 0.815. The molecule has 0 spiro atoms. The molecular weight excluding hydrogens is 476 g/mol. The van der Waals surface area contributed by atoms with Gasteiger partial charge in [0.1, 0.15) is 19.8 Å². The SMILES string of the molecule is Cc1ccc(S(=O)(=O)N(CC(=O)N[C@@H](C)c2ccc3c(c2)OCCO3)c2cccc(Cl)c2)cc1. The molecule has 0 saturated carbocycles. The number of sulfonamides is 1. The summed E-state index contributed by atoms with van der Waals surface area (Å²) in [6, 6.07) is 18.0. The van der Waals surface area contributed by atoms with Crippen LogP contribution >= 0.6 is 11.6 Å². The van der Waals surface area contributed by atoms with Crippen LogP contribution in [0.4, 0.5) is 5.69 Å². The Bertz CT molecular complexity index is 1290. The topological polar surface area (TPSA) is 84.9 Å². The number of nitrogens with zero attached hydrogens (tertiary/aromatic N) is 1. The predicted molar refractivity (Wildman–Crippen MR) is 131 cm³/mol. The van der Waals surface area contributed by atoms with Gasteiger partial charge < -0.3 is 14.8 Å². The van der Waals surface area contributed by atoms with Crippen molar-refractivity contribution in [2.75, 3.05) is 24.1 Å². The van der Waals surface area contributed by atoms with E-state index in [4.69, 9.17) is 21.1 Å². The van der Waals surface area contributed by atoms with Gasteiger partial charge in [-0.25, -0.2) is 8.42 Å². The van der Waals surface area contributed by atoms with Gasteiger partial charge in [0.05, 0.1) is 16.6 Å². The minimum atomic E-state index is -4.02. The van der Waals surface area contributed by atoms with Crippen molar-refractivity contribution in [1.29, 1.82) is 0 Å². The van der Waals surface area contributed by atoms with E-state index in [9.17, 15) is 13.2 Å². The number of anilines is 1. The molecule has 1 heterocycles. The number of carbonyl (C=O) groups excluding carboxylic acids is 1. The first-order chi connectivity index (χ1) is 16.2. The number of amides is 1. The van der Waals surface area contributed by atoms with Crippen molar-refractivity contribution in [3.63, 3.8) is 0 Å². The maximum absolute atomic E-state index is 13.5. The number of halogens is 1. The van der Waals surface area contributed by atoms with Gasteiger partial charge in [-0.1, -0.05) is 41.4 Å². The van der Waals surface area contributed by atoms with Crippen LogP contribution in [-0.4, -0.2) is 34.1 Å². The van der Waals surface area contributed by atoms with Gasteiger partial charge in [0, 0.05) is 5.02 Å². The first-order valence-corrected chi connectivity index (χ1v) is 12.6. The van der Waals surface area contributed by atoms with Crippen molar-refractivity contribution < 1.29 is 22.7 Å². The van der Waals surface area contributed by atoms with Gasteiger partial charge in [-0.2, -0.15) is 0 Å². The molecule has 1 atom stereocenters. The van der Waals surface area contributed by atoms with Crippen LogP contribution in [0.3, 0.4) is 0 Å². The summed E-state index contributed by atoms with van der Waals surface area (Å²) in [4.78, 5) is 13.1. The maximum atomic E-state index is 13.5. The molecule has 0 saturated heterocycles. The second kappa shape index (κ2) is 9.95. The Hall–Kier alpha value is -3.23. The number of aryl methyl sites for hydroxylation is 1. The molecule has 0 aliphatic carbocycles. The second-order valence-electron chi connectivity index (χ2n) is 8.00. The van der Waals surface area contributed by atoms with Gasteiger partial charge in [0.15, 0.2) is 11.5 Å². The van der Waals surface area contributed by atoms with E-state index in [1.54, 1.807) is 36.4 Å². The van der Waals surface area contributed by atoms with E-state index in [0.717, 1.165) is 15.4 Å². The third-order valence-electron chi connectivity index (χ3n) is 5.44. The fraction of sp³-hybridized carbons (Fsp3) is 0.240. The van der Waals surface area contributed by atoms with Gasteiger partial charge >= 0.3 is 0 Å². The Morgan fingerprint density at radius 2 is 1.74 bits per heavy atom. The van der Waals surface area contributed by atoms with Crippen molar-refractivity contribution in [2.45, 2.75) is 24.8 Å². The smallest absolute Gasteiger partial charge is 0.264 e. The standard InChI is InChI=1S/C25H25ClN2O5S/c1-17-6-9-22(10-7-17)34(30,31)28(21-5-3-4-20(26)15-21)16-25(29)27-18(2)19-8-11-23-24(14-19)33-13-12-32-23/h3-11,14-15,18H,12-13,16H2,1-2H3,(H,27,29)/t18-/m0/s1. The molecule has 4 rings (SSSR count). The molecule has 1 amide bonds. The van der Waals surface area contributed by atoms with Gasteiger partial charge in [0.2, 0.25) is 5.91 Å². The van der Waals surface area contributed by atoms with E-state index < -0.39 is 22.5 Å². The molecule has 0 unspecified atom stereocenters. The van der Waals surface area contributed by atoms with Crippen LogP contribution in [0.5, 0.6) is 11.5 Å². The number of hydrogen-bond acceptors (Lipinski definition) is 5. The lowest BCUT2D eigenvalue weighted by Crippen LogP contribution is -2.41. The molecule has 1 aliphatic heterocycles. The van der Waals surface area contributed by atoms with Crippen molar-refractivity contribution in [2.24, 2.45) is 0 Å². The van der Waals surface area contributed by atoms with Gasteiger partial charge in [0.25, 0.3) is 10.0 Å². The van der Waals surface area contributed by atoms with Crippen molar-refractivity contribution in [1.82, 2.24) is 5.32 Å². The average molecular weight is 501 g/mol. The third kappa shape index (κ3) is 5.29. The van der Waals surface area contributed by atoms with Crippen molar-refractivity contribution >= 4 is 33.2 Å². The molecule has 0 bridgehead atoms. The summed E-state index contributed by atoms with van der Waals surface area (Å²) in [5, 5.41) is 3.24. The highest BCUT2D eigenvalue weighted by atomic mass is 35.5. The summed E-state index contributed by atoms with van der Waals surface area (Å²) in [6.45, 7) is 4.24. The van der Waals surface area contributed by atoms with E-state index in [1.807, 2.05) is 26.0 Å². The summed E-state index contributed by atoms with van der Waals surface area (Å²) < 4.78 is 39.2. The van der Waals surface area contributed by atoms with Crippen LogP contribution in [0.2, 0.25) is 5.02 Å². The average Bonchev–Trinajstić information content (AvgIpc) is 2.82. The molecule has 7 nitrogen and oxygen atoms in total. The Balaban J connectivity index is 1.57. The van der Waals surface area contributed by atoms with Crippen LogP contribution in [0, 0.1) is 6.92 Å². The highest BCUT2D eigenvalue weighted by molar-refractivity contribution is 7.92. The van der Waals surface area contributed by atoms with Crippen LogP contribution in [0.25, 0.3) is 0 Å². The lowest BCUT2D eigenvalue weighted by molar-refractivity contribution is -0.120. The van der Waals surface area contributed by atoms with E-state index in [1.165, 1.54) is 18.2 Å². The Labute approximate surface area is 204 Å². The quantitative estimate of drug-likeness (QED) is 0.516. The number of rotatable bonds is 7. The lowest BCUT2D eigenvalue weighted by Gasteiger charge is -2.25. The van der Waals surface area contributed by atoms with Crippen LogP contribution in [-0.2, 0) is 14.8 Å². The highest BCUT2D eigenvalue weighted by Gasteiger charge is 2.28. The molecule has 0 radical (unpaired) electrons. The summed E-state index contributed by atoms with van der Waals surface area (Å²) >= 11 is 6.12. The fourth-order valence-electron chi connectivity index (χ4n) is 3.61. The molecule has 178 valence electrons. The zero-order chi connectivity index (χ0) is 24.3. The number of fused-ring (bicyclic) bond motifs is 1. The second-order valence-corrected chi connectivity index (χ2v) is 10.3. The lowest BCUT2D eigenvalue weighted by atomic mass is 10.1. The maximum Gasteiger partial charge on any atom is 0.264 e. The van der Waals surface area contributed by atoms with Gasteiger partial charge in [-0.15, -0.1) is 0 Å². The normalized spacial score (nSPS) is 13.7. The molecule has 1 N–H and O–H groups in total. The number of ether oxygens (including phenoxy) is 2. The molecule has 3 aromatic rings. The Kier molecular flexibility index (Phi) is 7.00. The van der Waals surface area contributed by atoms with Crippen LogP contribution in [0.1, 0.15) is 24.1 Å². The monoisotopic (exact) mass is 500 g/mol. The number of hydrogen-bond donors (Lipinski definition) is 1. The molecule has 0 aromatic heterocycles.